The number of amides is 2. The summed E-state index contributed by atoms with van der Waals surface area (Å²) in [6, 6.07) is 6.94. The van der Waals surface area contributed by atoms with Crippen molar-refractivity contribution >= 4 is 11.8 Å². The topological polar surface area (TPSA) is 67.4 Å². The molecule has 2 amide bonds. The number of carbonyl (C=O) groups excluding carboxylic acids is 2. The maximum absolute atomic E-state index is 11.9. The standard InChI is InChI=1S/C13H16N2O3/c1-18-11-5-2-9(3-6-11)13(17)15-10-4-7-12(16)14-8-10/h2-3,5-6,10H,4,7-8H2,1H3,(H,14,16)(H,15,17). The van der Waals surface area contributed by atoms with Crippen molar-refractivity contribution < 1.29 is 14.3 Å². The summed E-state index contributed by atoms with van der Waals surface area (Å²) >= 11 is 0. The summed E-state index contributed by atoms with van der Waals surface area (Å²) in [5.41, 5.74) is 0.590. The second-order valence-corrected chi connectivity index (χ2v) is 4.24. The third kappa shape index (κ3) is 3.00. The van der Waals surface area contributed by atoms with Crippen LogP contribution < -0.4 is 15.4 Å². The largest absolute Gasteiger partial charge is 0.497 e. The van der Waals surface area contributed by atoms with Crippen molar-refractivity contribution in [2.75, 3.05) is 13.7 Å². The first kappa shape index (κ1) is 12.4. The molecule has 1 saturated heterocycles. The normalized spacial score (nSPS) is 18.9. The first-order chi connectivity index (χ1) is 8.69. The quantitative estimate of drug-likeness (QED) is 0.827. The molecule has 1 aromatic rings. The molecular formula is C13H16N2O3. The van der Waals surface area contributed by atoms with Gasteiger partial charge in [0, 0.05) is 24.6 Å². The van der Waals surface area contributed by atoms with Crippen molar-refractivity contribution in [2.45, 2.75) is 18.9 Å². The number of rotatable bonds is 3. The molecule has 0 spiro atoms. The van der Waals surface area contributed by atoms with E-state index in [9.17, 15) is 9.59 Å². The third-order valence-electron chi connectivity index (χ3n) is 2.95. The Balaban J connectivity index is 1.92. The predicted octanol–water partition coefficient (Wildman–Crippen LogP) is 0.704. The van der Waals surface area contributed by atoms with Crippen LogP contribution in [0.3, 0.4) is 0 Å². The number of methoxy groups -OCH3 is 1. The highest BCUT2D eigenvalue weighted by molar-refractivity contribution is 5.94. The number of hydrogen-bond acceptors (Lipinski definition) is 3. The van der Waals surface area contributed by atoms with Crippen molar-refractivity contribution in [3.63, 3.8) is 0 Å². The van der Waals surface area contributed by atoms with Crippen LogP contribution in [0.1, 0.15) is 23.2 Å². The minimum absolute atomic E-state index is 0.0114. The fourth-order valence-corrected chi connectivity index (χ4v) is 1.87. The van der Waals surface area contributed by atoms with Crippen LogP contribution >= 0.6 is 0 Å². The van der Waals surface area contributed by atoms with Crippen LogP contribution in [0.15, 0.2) is 24.3 Å². The highest BCUT2D eigenvalue weighted by Gasteiger charge is 2.19. The molecule has 1 aliphatic rings. The van der Waals surface area contributed by atoms with Gasteiger partial charge >= 0.3 is 0 Å². The van der Waals surface area contributed by atoms with Crippen molar-refractivity contribution in [3.8, 4) is 5.75 Å². The van der Waals surface area contributed by atoms with Gasteiger partial charge in [0.05, 0.1) is 7.11 Å². The summed E-state index contributed by atoms with van der Waals surface area (Å²) in [4.78, 5) is 22.9. The molecule has 1 fully saturated rings. The fourth-order valence-electron chi connectivity index (χ4n) is 1.87. The molecule has 0 radical (unpaired) electrons. The second-order valence-electron chi connectivity index (χ2n) is 4.24. The van der Waals surface area contributed by atoms with Crippen LogP contribution in [0.25, 0.3) is 0 Å². The molecule has 1 heterocycles. The van der Waals surface area contributed by atoms with Gasteiger partial charge in [0.25, 0.3) is 5.91 Å². The maximum Gasteiger partial charge on any atom is 0.251 e. The Hall–Kier alpha value is -2.04. The van der Waals surface area contributed by atoms with E-state index in [-0.39, 0.29) is 17.9 Å². The monoisotopic (exact) mass is 248 g/mol. The van der Waals surface area contributed by atoms with Crippen LogP contribution in [-0.2, 0) is 4.79 Å². The van der Waals surface area contributed by atoms with Gasteiger partial charge in [0.2, 0.25) is 5.91 Å². The van der Waals surface area contributed by atoms with Gasteiger partial charge in [-0.3, -0.25) is 9.59 Å². The zero-order valence-electron chi connectivity index (χ0n) is 10.2. The van der Waals surface area contributed by atoms with Crippen LogP contribution in [-0.4, -0.2) is 31.5 Å². The molecule has 96 valence electrons. The molecule has 1 atom stereocenters. The molecule has 0 aromatic heterocycles. The Labute approximate surface area is 106 Å². The van der Waals surface area contributed by atoms with Crippen LogP contribution in [0, 0.1) is 0 Å². The zero-order chi connectivity index (χ0) is 13.0. The van der Waals surface area contributed by atoms with Gasteiger partial charge in [0.1, 0.15) is 5.75 Å². The number of nitrogens with one attached hydrogen (secondary N) is 2. The summed E-state index contributed by atoms with van der Waals surface area (Å²) in [6.45, 7) is 0.501. The third-order valence-corrected chi connectivity index (χ3v) is 2.95. The van der Waals surface area contributed by atoms with Gasteiger partial charge in [-0.25, -0.2) is 0 Å². The summed E-state index contributed by atoms with van der Waals surface area (Å²) < 4.78 is 5.03. The number of benzene rings is 1. The number of hydrogen-bond donors (Lipinski definition) is 2. The minimum Gasteiger partial charge on any atom is -0.497 e. The number of piperidine rings is 1. The van der Waals surface area contributed by atoms with E-state index < -0.39 is 0 Å². The van der Waals surface area contributed by atoms with Crippen LogP contribution in [0.2, 0.25) is 0 Å². The number of carbonyl (C=O) groups is 2. The molecule has 0 bridgehead atoms. The molecule has 18 heavy (non-hydrogen) atoms. The zero-order valence-corrected chi connectivity index (χ0v) is 10.2. The Bertz CT molecular complexity index is 432. The Kier molecular flexibility index (Phi) is 3.82. The smallest absolute Gasteiger partial charge is 0.251 e. The average molecular weight is 248 g/mol. The lowest BCUT2D eigenvalue weighted by molar-refractivity contribution is -0.122. The van der Waals surface area contributed by atoms with Gasteiger partial charge in [-0.1, -0.05) is 0 Å². The predicted molar refractivity (Wildman–Crippen MR) is 66.5 cm³/mol. The SMILES string of the molecule is COc1ccc(C(=O)NC2CCC(=O)NC2)cc1. The van der Waals surface area contributed by atoms with Crippen molar-refractivity contribution in [3.05, 3.63) is 29.8 Å². The van der Waals surface area contributed by atoms with Gasteiger partial charge < -0.3 is 15.4 Å². The van der Waals surface area contributed by atoms with Gasteiger partial charge in [-0.05, 0) is 30.7 Å². The molecule has 1 unspecified atom stereocenters. The van der Waals surface area contributed by atoms with E-state index in [1.54, 1.807) is 31.4 Å². The van der Waals surface area contributed by atoms with Crippen molar-refractivity contribution in [1.29, 1.82) is 0 Å². The van der Waals surface area contributed by atoms with E-state index in [2.05, 4.69) is 10.6 Å². The molecule has 0 saturated carbocycles. The van der Waals surface area contributed by atoms with E-state index in [1.165, 1.54) is 0 Å². The lowest BCUT2D eigenvalue weighted by Gasteiger charge is -2.23. The Morgan fingerprint density at radius 3 is 2.67 bits per heavy atom. The highest BCUT2D eigenvalue weighted by Crippen LogP contribution is 2.12. The van der Waals surface area contributed by atoms with Crippen LogP contribution in [0.4, 0.5) is 0 Å². The fraction of sp³-hybridized carbons (Fsp3) is 0.385. The van der Waals surface area contributed by atoms with Gasteiger partial charge in [-0.15, -0.1) is 0 Å². The highest BCUT2D eigenvalue weighted by atomic mass is 16.5. The molecule has 5 heteroatoms. The van der Waals surface area contributed by atoms with E-state index in [4.69, 9.17) is 4.74 Å². The van der Waals surface area contributed by atoms with E-state index in [1.807, 2.05) is 0 Å². The summed E-state index contributed by atoms with van der Waals surface area (Å²) in [6.07, 6.45) is 1.15. The number of ether oxygens (including phenoxy) is 1. The molecule has 2 N–H and O–H groups in total. The van der Waals surface area contributed by atoms with Gasteiger partial charge in [-0.2, -0.15) is 0 Å². The molecule has 5 nitrogen and oxygen atoms in total. The molecule has 0 aliphatic carbocycles. The minimum atomic E-state index is -0.126. The summed E-state index contributed by atoms with van der Waals surface area (Å²) in [7, 11) is 1.58. The molecule has 2 rings (SSSR count). The Morgan fingerprint density at radius 1 is 1.39 bits per heavy atom. The first-order valence-electron chi connectivity index (χ1n) is 5.90. The van der Waals surface area contributed by atoms with Crippen molar-refractivity contribution in [2.24, 2.45) is 0 Å². The van der Waals surface area contributed by atoms with E-state index >= 15 is 0 Å². The summed E-state index contributed by atoms with van der Waals surface area (Å²) in [5, 5.41) is 5.63. The van der Waals surface area contributed by atoms with E-state index in [0.29, 0.717) is 24.9 Å². The molecule has 1 aliphatic heterocycles. The molecule has 1 aromatic carbocycles. The average Bonchev–Trinajstić information content (AvgIpc) is 2.41. The Morgan fingerprint density at radius 2 is 2.11 bits per heavy atom. The molecular weight excluding hydrogens is 232 g/mol. The van der Waals surface area contributed by atoms with E-state index in [0.717, 1.165) is 5.75 Å². The van der Waals surface area contributed by atoms with Gasteiger partial charge in [0.15, 0.2) is 0 Å². The summed E-state index contributed by atoms with van der Waals surface area (Å²) in [5.74, 6) is 0.639. The maximum atomic E-state index is 11.9. The lowest BCUT2D eigenvalue weighted by atomic mass is 10.1. The lowest BCUT2D eigenvalue weighted by Crippen LogP contribution is -2.47. The van der Waals surface area contributed by atoms with Crippen LogP contribution in [0.5, 0.6) is 5.75 Å². The second kappa shape index (κ2) is 5.53. The van der Waals surface area contributed by atoms with Crippen molar-refractivity contribution in [1.82, 2.24) is 10.6 Å². The first-order valence-corrected chi connectivity index (χ1v) is 5.90.